The lowest BCUT2D eigenvalue weighted by Crippen LogP contribution is -2.35. The van der Waals surface area contributed by atoms with E-state index in [0.717, 1.165) is 31.8 Å². The third kappa shape index (κ3) is 5.60. The Hall–Kier alpha value is -2.87. The first-order chi connectivity index (χ1) is 14.5. The SMILES string of the molecule is COc1ccc(CN2CCCN(C(=O)c3ccc(OC)c(OC(F)F)c3)CC2)cc1. The second-order valence-corrected chi connectivity index (χ2v) is 7.01. The number of nitrogens with zero attached hydrogens (tertiary/aromatic N) is 2. The van der Waals surface area contributed by atoms with Crippen molar-refractivity contribution < 1.29 is 27.8 Å². The summed E-state index contributed by atoms with van der Waals surface area (Å²) in [5.41, 5.74) is 1.48. The van der Waals surface area contributed by atoms with Crippen molar-refractivity contribution in [1.82, 2.24) is 9.80 Å². The molecule has 162 valence electrons. The third-order valence-electron chi connectivity index (χ3n) is 5.07. The molecule has 0 saturated carbocycles. The van der Waals surface area contributed by atoms with E-state index in [0.29, 0.717) is 18.7 Å². The van der Waals surface area contributed by atoms with Gasteiger partial charge in [0.1, 0.15) is 5.75 Å². The van der Waals surface area contributed by atoms with E-state index in [1.165, 1.54) is 24.8 Å². The first-order valence-corrected chi connectivity index (χ1v) is 9.77. The Morgan fingerprint density at radius 2 is 1.73 bits per heavy atom. The van der Waals surface area contributed by atoms with Gasteiger partial charge in [0.05, 0.1) is 14.2 Å². The van der Waals surface area contributed by atoms with Gasteiger partial charge in [-0.2, -0.15) is 8.78 Å². The molecular formula is C22H26F2N2O4. The van der Waals surface area contributed by atoms with Crippen LogP contribution in [0.25, 0.3) is 0 Å². The number of benzene rings is 2. The fraction of sp³-hybridized carbons (Fsp3) is 0.409. The van der Waals surface area contributed by atoms with E-state index in [1.807, 2.05) is 24.3 Å². The molecule has 0 radical (unpaired) electrons. The van der Waals surface area contributed by atoms with Crippen molar-refractivity contribution in [2.45, 2.75) is 19.6 Å². The summed E-state index contributed by atoms with van der Waals surface area (Å²) in [7, 11) is 3.00. The molecule has 3 rings (SSSR count). The fourth-order valence-corrected chi connectivity index (χ4v) is 3.50. The highest BCUT2D eigenvalue weighted by Gasteiger charge is 2.22. The first-order valence-electron chi connectivity index (χ1n) is 9.77. The number of carbonyl (C=O) groups excluding carboxylic acids is 1. The predicted molar refractivity (Wildman–Crippen MR) is 108 cm³/mol. The number of methoxy groups -OCH3 is 2. The van der Waals surface area contributed by atoms with Crippen LogP contribution in [0.4, 0.5) is 8.78 Å². The molecule has 1 aliphatic rings. The molecule has 0 unspecified atom stereocenters. The topological polar surface area (TPSA) is 51.2 Å². The molecule has 0 aromatic heterocycles. The van der Waals surface area contributed by atoms with Crippen LogP contribution in [0, 0.1) is 0 Å². The Morgan fingerprint density at radius 1 is 0.967 bits per heavy atom. The summed E-state index contributed by atoms with van der Waals surface area (Å²) in [5.74, 6) is 0.631. The van der Waals surface area contributed by atoms with Gasteiger partial charge in [-0.3, -0.25) is 9.69 Å². The van der Waals surface area contributed by atoms with E-state index in [1.54, 1.807) is 18.1 Å². The monoisotopic (exact) mass is 420 g/mol. The van der Waals surface area contributed by atoms with E-state index < -0.39 is 6.61 Å². The van der Waals surface area contributed by atoms with Gasteiger partial charge in [-0.15, -0.1) is 0 Å². The number of halogens is 2. The van der Waals surface area contributed by atoms with Gasteiger partial charge in [0.2, 0.25) is 0 Å². The number of carbonyl (C=O) groups is 1. The lowest BCUT2D eigenvalue weighted by molar-refractivity contribution is -0.0512. The molecule has 30 heavy (non-hydrogen) atoms. The van der Waals surface area contributed by atoms with Crippen LogP contribution in [0.1, 0.15) is 22.3 Å². The van der Waals surface area contributed by atoms with Gasteiger partial charge >= 0.3 is 6.61 Å². The molecule has 1 saturated heterocycles. The summed E-state index contributed by atoms with van der Waals surface area (Å²) >= 11 is 0. The maximum atomic E-state index is 12.9. The molecule has 0 aliphatic carbocycles. The average Bonchev–Trinajstić information content (AvgIpc) is 2.99. The molecule has 2 aromatic carbocycles. The van der Waals surface area contributed by atoms with Gasteiger partial charge in [0.15, 0.2) is 11.5 Å². The molecule has 1 amide bonds. The maximum Gasteiger partial charge on any atom is 0.387 e. The molecule has 0 atom stereocenters. The van der Waals surface area contributed by atoms with Gasteiger partial charge in [-0.05, 0) is 42.3 Å². The highest BCUT2D eigenvalue weighted by molar-refractivity contribution is 5.95. The van der Waals surface area contributed by atoms with Gasteiger partial charge in [-0.1, -0.05) is 12.1 Å². The van der Waals surface area contributed by atoms with Crippen LogP contribution >= 0.6 is 0 Å². The number of hydrogen-bond donors (Lipinski definition) is 0. The van der Waals surface area contributed by atoms with Gasteiger partial charge in [-0.25, -0.2) is 0 Å². The molecule has 0 bridgehead atoms. The van der Waals surface area contributed by atoms with Gasteiger partial charge in [0.25, 0.3) is 5.91 Å². The van der Waals surface area contributed by atoms with Crippen molar-refractivity contribution in [1.29, 1.82) is 0 Å². The zero-order valence-electron chi connectivity index (χ0n) is 17.1. The summed E-state index contributed by atoms with van der Waals surface area (Å²) in [5, 5.41) is 0. The minimum Gasteiger partial charge on any atom is -0.497 e. The van der Waals surface area contributed by atoms with Gasteiger partial charge in [0, 0.05) is 38.3 Å². The lowest BCUT2D eigenvalue weighted by Gasteiger charge is -2.22. The van der Waals surface area contributed by atoms with E-state index in [9.17, 15) is 13.6 Å². The highest BCUT2D eigenvalue weighted by Crippen LogP contribution is 2.30. The summed E-state index contributed by atoms with van der Waals surface area (Å²) in [4.78, 5) is 17.0. The lowest BCUT2D eigenvalue weighted by atomic mass is 10.1. The number of amides is 1. The zero-order chi connectivity index (χ0) is 21.5. The summed E-state index contributed by atoms with van der Waals surface area (Å²) in [6.45, 7) is 0.572. The molecule has 0 spiro atoms. The zero-order valence-corrected chi connectivity index (χ0v) is 17.1. The average molecular weight is 420 g/mol. The molecule has 6 nitrogen and oxygen atoms in total. The molecule has 1 fully saturated rings. The Labute approximate surface area is 174 Å². The smallest absolute Gasteiger partial charge is 0.387 e. The van der Waals surface area contributed by atoms with Crippen LogP contribution in [0.2, 0.25) is 0 Å². The second-order valence-electron chi connectivity index (χ2n) is 7.01. The molecule has 1 aliphatic heterocycles. The van der Waals surface area contributed by atoms with Crippen LogP contribution < -0.4 is 14.2 Å². The number of ether oxygens (including phenoxy) is 3. The fourth-order valence-electron chi connectivity index (χ4n) is 3.50. The summed E-state index contributed by atoms with van der Waals surface area (Å²) < 4.78 is 40.0. The Morgan fingerprint density at radius 3 is 2.40 bits per heavy atom. The van der Waals surface area contributed by atoms with Crippen molar-refractivity contribution >= 4 is 5.91 Å². The number of alkyl halides is 2. The van der Waals surface area contributed by atoms with Crippen molar-refractivity contribution in [3.63, 3.8) is 0 Å². The van der Waals surface area contributed by atoms with Crippen LogP contribution in [-0.4, -0.2) is 62.7 Å². The minimum atomic E-state index is -2.99. The van der Waals surface area contributed by atoms with Crippen molar-refractivity contribution in [3.05, 3.63) is 53.6 Å². The first kappa shape index (κ1) is 21.8. The van der Waals surface area contributed by atoms with Crippen LogP contribution in [-0.2, 0) is 6.54 Å². The van der Waals surface area contributed by atoms with E-state index >= 15 is 0 Å². The Kier molecular flexibility index (Phi) is 7.46. The van der Waals surface area contributed by atoms with Gasteiger partial charge < -0.3 is 19.1 Å². The van der Waals surface area contributed by atoms with Crippen molar-refractivity contribution in [3.8, 4) is 17.2 Å². The molecule has 0 N–H and O–H groups in total. The van der Waals surface area contributed by atoms with E-state index in [2.05, 4.69) is 9.64 Å². The maximum absolute atomic E-state index is 12.9. The number of hydrogen-bond acceptors (Lipinski definition) is 5. The number of rotatable bonds is 7. The quantitative estimate of drug-likeness (QED) is 0.684. The largest absolute Gasteiger partial charge is 0.497 e. The standard InChI is InChI=1S/C22H26F2N2O4/c1-28-18-7-4-16(5-8-18)15-25-10-3-11-26(13-12-25)21(27)17-6-9-19(29-2)20(14-17)30-22(23)24/h4-9,14,22H,3,10-13,15H2,1-2H3. The van der Waals surface area contributed by atoms with Crippen molar-refractivity contribution in [2.24, 2.45) is 0 Å². The third-order valence-corrected chi connectivity index (χ3v) is 5.07. The van der Waals surface area contributed by atoms with E-state index in [4.69, 9.17) is 9.47 Å². The van der Waals surface area contributed by atoms with Crippen LogP contribution in [0.3, 0.4) is 0 Å². The normalized spacial score (nSPS) is 15.0. The summed E-state index contributed by atoms with van der Waals surface area (Å²) in [6, 6.07) is 12.3. The summed E-state index contributed by atoms with van der Waals surface area (Å²) in [6.07, 6.45) is 0.832. The minimum absolute atomic E-state index is 0.144. The van der Waals surface area contributed by atoms with E-state index in [-0.39, 0.29) is 17.4 Å². The van der Waals surface area contributed by atoms with Crippen LogP contribution in [0.15, 0.2) is 42.5 Å². The molecular weight excluding hydrogens is 394 g/mol. The molecule has 8 heteroatoms. The Bertz CT molecular complexity index is 846. The second kappa shape index (κ2) is 10.2. The molecule has 2 aromatic rings. The Balaban J connectivity index is 1.63. The molecule has 1 heterocycles. The predicted octanol–water partition coefficient (Wildman–Crippen LogP) is 3.65. The highest BCUT2D eigenvalue weighted by atomic mass is 19.3. The van der Waals surface area contributed by atoms with Crippen LogP contribution in [0.5, 0.6) is 17.2 Å². The van der Waals surface area contributed by atoms with Crippen molar-refractivity contribution in [2.75, 3.05) is 40.4 Å².